The van der Waals surface area contributed by atoms with E-state index in [9.17, 15) is 13.6 Å². The van der Waals surface area contributed by atoms with Crippen LogP contribution < -0.4 is 0 Å². The standard InChI is InChI=1S/C14H18F2O2/c1-11(13(17)18-2)10-14(15,16)9-8-12-6-4-3-5-7-12/h3-7,11H,8-10H2,1-2H3. The maximum atomic E-state index is 13.6. The fourth-order valence-corrected chi connectivity index (χ4v) is 1.81. The van der Waals surface area contributed by atoms with Crippen molar-refractivity contribution in [2.45, 2.75) is 32.1 Å². The number of methoxy groups -OCH3 is 1. The van der Waals surface area contributed by atoms with E-state index in [2.05, 4.69) is 4.74 Å². The zero-order valence-electron chi connectivity index (χ0n) is 10.7. The van der Waals surface area contributed by atoms with Crippen LogP contribution in [0.4, 0.5) is 8.78 Å². The maximum Gasteiger partial charge on any atom is 0.308 e. The summed E-state index contributed by atoms with van der Waals surface area (Å²) in [5, 5.41) is 0. The lowest BCUT2D eigenvalue weighted by Crippen LogP contribution is -2.25. The minimum atomic E-state index is -2.84. The number of carbonyl (C=O) groups is 1. The maximum absolute atomic E-state index is 13.6. The summed E-state index contributed by atoms with van der Waals surface area (Å²) in [5.41, 5.74) is 0.878. The molecule has 0 aliphatic carbocycles. The highest BCUT2D eigenvalue weighted by atomic mass is 19.3. The number of benzene rings is 1. The van der Waals surface area contributed by atoms with E-state index in [1.165, 1.54) is 14.0 Å². The summed E-state index contributed by atoms with van der Waals surface area (Å²) in [6.07, 6.45) is -0.410. The van der Waals surface area contributed by atoms with Crippen LogP contribution in [0.15, 0.2) is 30.3 Å². The van der Waals surface area contributed by atoms with Gasteiger partial charge in [-0.2, -0.15) is 0 Å². The molecule has 0 amide bonds. The van der Waals surface area contributed by atoms with Crippen molar-refractivity contribution in [1.29, 1.82) is 0 Å². The Morgan fingerprint density at radius 1 is 1.33 bits per heavy atom. The van der Waals surface area contributed by atoms with E-state index in [0.29, 0.717) is 6.42 Å². The zero-order valence-corrected chi connectivity index (χ0v) is 10.7. The van der Waals surface area contributed by atoms with Crippen molar-refractivity contribution in [2.75, 3.05) is 7.11 Å². The molecule has 1 aromatic rings. The van der Waals surface area contributed by atoms with Crippen LogP contribution in [-0.4, -0.2) is 19.0 Å². The Balaban J connectivity index is 2.47. The quantitative estimate of drug-likeness (QED) is 0.729. The van der Waals surface area contributed by atoms with Gasteiger partial charge in [0.25, 0.3) is 0 Å². The number of rotatable bonds is 6. The molecule has 2 nitrogen and oxygen atoms in total. The lowest BCUT2D eigenvalue weighted by atomic mass is 9.97. The Hall–Kier alpha value is -1.45. The van der Waals surface area contributed by atoms with Gasteiger partial charge in [0.1, 0.15) is 0 Å². The molecule has 0 radical (unpaired) electrons. The molecule has 0 N–H and O–H groups in total. The van der Waals surface area contributed by atoms with E-state index >= 15 is 0 Å². The van der Waals surface area contributed by atoms with Gasteiger partial charge in [0.2, 0.25) is 5.92 Å². The van der Waals surface area contributed by atoms with Gasteiger partial charge in [-0.1, -0.05) is 37.3 Å². The molecule has 0 saturated heterocycles. The molecule has 0 aliphatic rings. The van der Waals surface area contributed by atoms with Gasteiger partial charge in [0.05, 0.1) is 13.0 Å². The molecule has 0 aliphatic heterocycles. The monoisotopic (exact) mass is 256 g/mol. The fraction of sp³-hybridized carbons (Fsp3) is 0.500. The number of hydrogen-bond donors (Lipinski definition) is 0. The van der Waals surface area contributed by atoms with Gasteiger partial charge in [-0.15, -0.1) is 0 Å². The first-order chi connectivity index (χ1) is 8.44. The van der Waals surface area contributed by atoms with Crippen LogP contribution in [0.3, 0.4) is 0 Å². The molecule has 0 saturated carbocycles. The summed E-state index contributed by atoms with van der Waals surface area (Å²) < 4.78 is 31.7. The summed E-state index contributed by atoms with van der Waals surface area (Å²) in [6, 6.07) is 9.13. The minimum absolute atomic E-state index is 0.252. The number of hydrogen-bond acceptors (Lipinski definition) is 2. The van der Waals surface area contributed by atoms with E-state index in [4.69, 9.17) is 0 Å². The van der Waals surface area contributed by atoms with Gasteiger partial charge in [0.15, 0.2) is 0 Å². The van der Waals surface area contributed by atoms with Crippen LogP contribution in [0, 0.1) is 5.92 Å². The first-order valence-electron chi connectivity index (χ1n) is 5.94. The topological polar surface area (TPSA) is 26.3 Å². The molecule has 0 spiro atoms. The number of ether oxygens (including phenoxy) is 1. The highest BCUT2D eigenvalue weighted by Gasteiger charge is 2.33. The Morgan fingerprint density at radius 3 is 2.50 bits per heavy atom. The predicted octanol–water partition coefficient (Wildman–Crippen LogP) is 3.45. The number of alkyl halides is 2. The second-order valence-corrected chi connectivity index (χ2v) is 4.47. The van der Waals surface area contributed by atoms with Crippen molar-refractivity contribution in [1.82, 2.24) is 0 Å². The van der Waals surface area contributed by atoms with Crippen LogP contribution in [-0.2, 0) is 16.0 Å². The Labute approximate surface area is 106 Å². The largest absolute Gasteiger partial charge is 0.469 e. The van der Waals surface area contributed by atoms with Crippen LogP contribution in [0.1, 0.15) is 25.3 Å². The van der Waals surface area contributed by atoms with Crippen molar-refractivity contribution in [3.8, 4) is 0 Å². The molecule has 1 rings (SSSR count). The first-order valence-corrected chi connectivity index (χ1v) is 5.94. The van der Waals surface area contributed by atoms with E-state index in [1.807, 2.05) is 30.3 Å². The Morgan fingerprint density at radius 2 is 1.94 bits per heavy atom. The van der Waals surface area contributed by atoms with Crippen molar-refractivity contribution in [3.05, 3.63) is 35.9 Å². The molecule has 4 heteroatoms. The minimum Gasteiger partial charge on any atom is -0.469 e. The van der Waals surface area contributed by atoms with Crippen molar-refractivity contribution >= 4 is 5.97 Å². The lowest BCUT2D eigenvalue weighted by molar-refractivity contribution is -0.148. The van der Waals surface area contributed by atoms with Crippen molar-refractivity contribution in [2.24, 2.45) is 5.92 Å². The Bertz CT molecular complexity index is 377. The number of esters is 1. The van der Waals surface area contributed by atoms with Crippen LogP contribution in [0.5, 0.6) is 0 Å². The lowest BCUT2D eigenvalue weighted by Gasteiger charge is -2.19. The van der Waals surface area contributed by atoms with Gasteiger partial charge in [-0.05, 0) is 12.0 Å². The Kier molecular flexibility index (Phi) is 5.25. The van der Waals surface area contributed by atoms with Crippen molar-refractivity contribution < 1.29 is 18.3 Å². The van der Waals surface area contributed by atoms with E-state index in [1.54, 1.807) is 0 Å². The SMILES string of the molecule is COC(=O)C(C)CC(F)(F)CCc1ccccc1. The summed E-state index contributed by atoms with van der Waals surface area (Å²) in [5.74, 6) is -4.21. The summed E-state index contributed by atoms with van der Waals surface area (Å²) >= 11 is 0. The van der Waals surface area contributed by atoms with E-state index < -0.39 is 24.2 Å². The third kappa shape index (κ3) is 4.82. The second kappa shape index (κ2) is 6.47. The fourth-order valence-electron chi connectivity index (χ4n) is 1.81. The smallest absolute Gasteiger partial charge is 0.308 e. The second-order valence-electron chi connectivity index (χ2n) is 4.47. The highest BCUT2D eigenvalue weighted by Crippen LogP contribution is 2.29. The molecule has 100 valence electrons. The van der Waals surface area contributed by atoms with E-state index in [0.717, 1.165) is 5.56 Å². The molecule has 1 atom stereocenters. The van der Waals surface area contributed by atoms with Gasteiger partial charge in [-0.25, -0.2) is 8.78 Å². The molecule has 0 bridgehead atoms. The zero-order chi connectivity index (χ0) is 13.6. The average Bonchev–Trinajstić information content (AvgIpc) is 2.36. The average molecular weight is 256 g/mol. The first kappa shape index (κ1) is 14.6. The summed E-state index contributed by atoms with van der Waals surface area (Å²) in [4.78, 5) is 11.1. The summed E-state index contributed by atoms with van der Waals surface area (Å²) in [6.45, 7) is 1.46. The molecular weight excluding hydrogens is 238 g/mol. The number of aryl methyl sites for hydroxylation is 1. The van der Waals surface area contributed by atoms with Gasteiger partial charge >= 0.3 is 5.97 Å². The molecule has 0 heterocycles. The normalized spacial score (nSPS) is 13.1. The predicted molar refractivity (Wildman–Crippen MR) is 65.5 cm³/mol. The van der Waals surface area contributed by atoms with E-state index in [-0.39, 0.29) is 6.42 Å². The highest BCUT2D eigenvalue weighted by molar-refractivity contribution is 5.71. The molecule has 0 aromatic heterocycles. The van der Waals surface area contributed by atoms with Gasteiger partial charge < -0.3 is 4.74 Å². The third-order valence-corrected chi connectivity index (χ3v) is 2.83. The van der Waals surface area contributed by atoms with Crippen LogP contribution in [0.2, 0.25) is 0 Å². The van der Waals surface area contributed by atoms with Gasteiger partial charge in [-0.3, -0.25) is 4.79 Å². The molecule has 0 fully saturated rings. The number of carbonyl (C=O) groups excluding carboxylic acids is 1. The molecule has 18 heavy (non-hydrogen) atoms. The van der Waals surface area contributed by atoms with Crippen molar-refractivity contribution in [3.63, 3.8) is 0 Å². The summed E-state index contributed by atoms with van der Waals surface area (Å²) in [7, 11) is 1.21. The van der Waals surface area contributed by atoms with Crippen LogP contribution in [0.25, 0.3) is 0 Å². The molecule has 1 aromatic carbocycles. The number of halogens is 2. The molecule has 1 unspecified atom stereocenters. The van der Waals surface area contributed by atoms with Gasteiger partial charge in [0, 0.05) is 12.8 Å². The molecular formula is C14H18F2O2. The van der Waals surface area contributed by atoms with Crippen LogP contribution >= 0.6 is 0 Å². The third-order valence-electron chi connectivity index (χ3n) is 2.83.